The van der Waals surface area contributed by atoms with Crippen LogP contribution in [0.4, 0.5) is 11.4 Å². The molecule has 0 amide bonds. The second-order valence-corrected chi connectivity index (χ2v) is 10.5. The first kappa shape index (κ1) is 18.9. The number of nitrogens with one attached hydrogen (secondary N) is 1. The maximum Gasteiger partial charge on any atom is 0.0398 e. The van der Waals surface area contributed by atoms with Crippen LogP contribution in [0.5, 0.6) is 0 Å². The highest BCUT2D eigenvalue weighted by Crippen LogP contribution is 2.37. The number of fused-ring (bicyclic) bond motifs is 6. The van der Waals surface area contributed by atoms with Crippen LogP contribution in [0.1, 0.15) is 0 Å². The number of benzene rings is 5. The molecule has 0 fully saturated rings. The van der Waals surface area contributed by atoms with Crippen LogP contribution in [-0.4, -0.2) is 0 Å². The smallest absolute Gasteiger partial charge is 0.0398 e. The standard InChI is InChI=1S/C30H19NS2/c1-3-7-27-23(5-1)25-15-11-20(17-29(25)32-27)19-9-12-21(13-10-19)31-22-14-16-26-24-6-2-4-8-28(24)33-30(26)18-22/h1-18,31H. The molecule has 0 aliphatic heterocycles. The van der Waals surface area contributed by atoms with Crippen LogP contribution in [0.3, 0.4) is 0 Å². The number of thiophene rings is 2. The molecule has 1 nitrogen and oxygen atoms in total. The van der Waals surface area contributed by atoms with E-state index in [-0.39, 0.29) is 0 Å². The summed E-state index contributed by atoms with van der Waals surface area (Å²) in [5.74, 6) is 0. The monoisotopic (exact) mass is 457 g/mol. The number of hydrogen-bond donors (Lipinski definition) is 1. The van der Waals surface area contributed by atoms with Crippen molar-refractivity contribution in [2.45, 2.75) is 0 Å². The molecule has 0 unspecified atom stereocenters. The Morgan fingerprint density at radius 1 is 0.394 bits per heavy atom. The second kappa shape index (κ2) is 7.45. The van der Waals surface area contributed by atoms with Crippen molar-refractivity contribution in [2.75, 3.05) is 5.32 Å². The zero-order chi connectivity index (χ0) is 21.8. The van der Waals surface area contributed by atoms with E-state index in [1.807, 2.05) is 22.7 Å². The van der Waals surface area contributed by atoms with Gasteiger partial charge in [0, 0.05) is 51.7 Å². The fraction of sp³-hybridized carbons (Fsp3) is 0. The molecular weight excluding hydrogens is 438 g/mol. The van der Waals surface area contributed by atoms with Crippen molar-refractivity contribution in [3.63, 3.8) is 0 Å². The highest BCUT2D eigenvalue weighted by atomic mass is 32.1. The van der Waals surface area contributed by atoms with Crippen LogP contribution in [0.25, 0.3) is 51.5 Å². The van der Waals surface area contributed by atoms with Gasteiger partial charge in [0.2, 0.25) is 0 Å². The molecule has 7 aromatic rings. The van der Waals surface area contributed by atoms with Crippen molar-refractivity contribution in [3.8, 4) is 11.1 Å². The fourth-order valence-corrected chi connectivity index (χ4v) is 6.91. The summed E-state index contributed by atoms with van der Waals surface area (Å²) in [4.78, 5) is 0. The third-order valence-corrected chi connectivity index (χ3v) is 8.53. The molecule has 33 heavy (non-hydrogen) atoms. The molecule has 7 rings (SSSR count). The minimum atomic E-state index is 1.10. The first-order valence-electron chi connectivity index (χ1n) is 11.0. The number of rotatable bonds is 3. The molecule has 156 valence electrons. The predicted molar refractivity (Wildman–Crippen MR) is 147 cm³/mol. The van der Waals surface area contributed by atoms with E-state index in [0.717, 1.165) is 11.4 Å². The summed E-state index contributed by atoms with van der Waals surface area (Å²) in [7, 11) is 0. The summed E-state index contributed by atoms with van der Waals surface area (Å²) in [5.41, 5.74) is 4.71. The van der Waals surface area contributed by atoms with E-state index in [9.17, 15) is 0 Å². The molecule has 0 saturated carbocycles. The molecule has 0 aliphatic rings. The van der Waals surface area contributed by atoms with E-state index in [2.05, 4.69) is 115 Å². The van der Waals surface area contributed by atoms with Gasteiger partial charge in [-0.15, -0.1) is 22.7 Å². The lowest BCUT2D eigenvalue weighted by molar-refractivity contribution is 1.56. The van der Waals surface area contributed by atoms with E-state index in [1.54, 1.807) is 0 Å². The summed E-state index contributed by atoms with van der Waals surface area (Å²) in [6.07, 6.45) is 0. The zero-order valence-electron chi connectivity index (χ0n) is 17.7. The minimum absolute atomic E-state index is 1.10. The fourth-order valence-electron chi connectivity index (χ4n) is 4.62. The van der Waals surface area contributed by atoms with Gasteiger partial charge in [-0.3, -0.25) is 0 Å². The average Bonchev–Trinajstić information content (AvgIpc) is 3.41. The lowest BCUT2D eigenvalue weighted by atomic mass is 10.0. The van der Waals surface area contributed by atoms with E-state index >= 15 is 0 Å². The third kappa shape index (κ3) is 3.20. The molecule has 2 heterocycles. The summed E-state index contributed by atoms with van der Waals surface area (Å²) in [5, 5.41) is 8.93. The minimum Gasteiger partial charge on any atom is -0.355 e. The van der Waals surface area contributed by atoms with Crippen LogP contribution in [-0.2, 0) is 0 Å². The van der Waals surface area contributed by atoms with Crippen LogP contribution in [0.15, 0.2) is 109 Å². The van der Waals surface area contributed by atoms with Crippen molar-refractivity contribution >= 4 is 74.4 Å². The Hall–Kier alpha value is -3.66. The van der Waals surface area contributed by atoms with Crippen LogP contribution in [0.2, 0.25) is 0 Å². The number of hydrogen-bond acceptors (Lipinski definition) is 3. The SMILES string of the molecule is c1ccc2c(c1)sc1cc(Nc3ccc(-c4ccc5c(c4)sc4ccccc45)cc3)ccc12. The molecule has 3 heteroatoms. The van der Waals surface area contributed by atoms with Crippen LogP contribution < -0.4 is 5.32 Å². The van der Waals surface area contributed by atoms with Crippen molar-refractivity contribution < 1.29 is 0 Å². The summed E-state index contributed by atoms with van der Waals surface area (Å²) < 4.78 is 5.34. The Morgan fingerprint density at radius 3 is 1.61 bits per heavy atom. The molecule has 0 aliphatic carbocycles. The van der Waals surface area contributed by atoms with Gasteiger partial charge in [0.15, 0.2) is 0 Å². The van der Waals surface area contributed by atoms with Crippen molar-refractivity contribution in [3.05, 3.63) is 109 Å². The summed E-state index contributed by atoms with van der Waals surface area (Å²) in [6, 6.07) is 39.5. The van der Waals surface area contributed by atoms with E-state index < -0.39 is 0 Å². The molecule has 0 bridgehead atoms. The first-order chi connectivity index (χ1) is 16.3. The van der Waals surface area contributed by atoms with Gasteiger partial charge in [0.1, 0.15) is 0 Å². The quantitative estimate of drug-likeness (QED) is 0.278. The Labute approximate surface area is 199 Å². The largest absolute Gasteiger partial charge is 0.355 e. The van der Waals surface area contributed by atoms with Gasteiger partial charge >= 0.3 is 0 Å². The third-order valence-electron chi connectivity index (χ3n) is 6.26. The van der Waals surface area contributed by atoms with E-state index in [0.29, 0.717) is 0 Å². The van der Waals surface area contributed by atoms with Gasteiger partial charge in [-0.05, 0) is 53.6 Å². The Morgan fingerprint density at radius 2 is 0.909 bits per heavy atom. The van der Waals surface area contributed by atoms with Crippen molar-refractivity contribution in [1.29, 1.82) is 0 Å². The lowest BCUT2D eigenvalue weighted by Crippen LogP contribution is -1.89. The first-order valence-corrected chi connectivity index (χ1v) is 12.7. The molecule has 5 aromatic carbocycles. The van der Waals surface area contributed by atoms with Crippen LogP contribution in [0, 0.1) is 0 Å². The van der Waals surface area contributed by atoms with Gasteiger partial charge < -0.3 is 5.32 Å². The molecule has 0 spiro atoms. The summed E-state index contributed by atoms with van der Waals surface area (Å²) in [6.45, 7) is 0. The highest BCUT2D eigenvalue weighted by Gasteiger charge is 2.08. The molecule has 2 aromatic heterocycles. The lowest BCUT2D eigenvalue weighted by Gasteiger charge is -2.08. The predicted octanol–water partition coefficient (Wildman–Crippen LogP) is 9.83. The van der Waals surface area contributed by atoms with Gasteiger partial charge in [0.05, 0.1) is 0 Å². The normalized spacial score (nSPS) is 11.6. The average molecular weight is 458 g/mol. The van der Waals surface area contributed by atoms with Gasteiger partial charge in [-0.1, -0.05) is 66.7 Å². The van der Waals surface area contributed by atoms with E-state index in [4.69, 9.17) is 0 Å². The van der Waals surface area contributed by atoms with E-state index in [1.165, 1.54) is 51.5 Å². The van der Waals surface area contributed by atoms with Gasteiger partial charge in [0.25, 0.3) is 0 Å². The molecule has 0 atom stereocenters. The maximum absolute atomic E-state index is 3.58. The van der Waals surface area contributed by atoms with Crippen molar-refractivity contribution in [1.82, 2.24) is 0 Å². The maximum atomic E-state index is 3.58. The summed E-state index contributed by atoms with van der Waals surface area (Å²) >= 11 is 3.72. The van der Waals surface area contributed by atoms with Crippen molar-refractivity contribution in [2.24, 2.45) is 0 Å². The van der Waals surface area contributed by atoms with Crippen LogP contribution >= 0.6 is 22.7 Å². The number of anilines is 2. The Bertz CT molecular complexity index is 1790. The van der Waals surface area contributed by atoms with Gasteiger partial charge in [-0.25, -0.2) is 0 Å². The topological polar surface area (TPSA) is 12.0 Å². The zero-order valence-corrected chi connectivity index (χ0v) is 19.3. The Kier molecular flexibility index (Phi) is 4.26. The Balaban J connectivity index is 1.18. The molecule has 0 saturated heterocycles. The molecular formula is C30H19NS2. The highest BCUT2D eigenvalue weighted by molar-refractivity contribution is 7.26. The van der Waals surface area contributed by atoms with Gasteiger partial charge in [-0.2, -0.15) is 0 Å². The second-order valence-electron chi connectivity index (χ2n) is 8.32. The molecule has 0 radical (unpaired) electrons. The molecule has 1 N–H and O–H groups in total.